The first-order valence-corrected chi connectivity index (χ1v) is 18.3. The Morgan fingerprint density at radius 2 is 1.65 bits per heavy atom. The van der Waals surface area contributed by atoms with Crippen LogP contribution in [0.25, 0.3) is 0 Å². The lowest BCUT2D eigenvalue weighted by atomic mass is 9.33. The zero-order valence-corrected chi connectivity index (χ0v) is 30.9. The summed E-state index contributed by atoms with van der Waals surface area (Å²) < 4.78 is 28.0. The number of carboxylic acid groups (broad SMARTS) is 1. The Morgan fingerprint density at radius 1 is 0.959 bits per heavy atom. The maximum absolute atomic E-state index is 14.8. The average molecular weight is 685 g/mol. The molecule has 10 atom stereocenters. The number of aliphatic carboxylic acids is 1. The number of carbonyl (C=O) groups is 3. The second-order valence-electron chi connectivity index (χ2n) is 18.1. The van der Waals surface area contributed by atoms with Crippen LogP contribution in [0.4, 0.5) is 4.79 Å². The highest BCUT2D eigenvalue weighted by atomic mass is 16.7. The Kier molecular flexibility index (Phi) is 8.68. The van der Waals surface area contributed by atoms with Gasteiger partial charge in [-0.25, -0.2) is 9.59 Å². The fraction of sp³-hybridized carbons (Fsp3) is 0.795. The number of allylic oxidation sites excluding steroid dienone is 2. The van der Waals surface area contributed by atoms with Crippen molar-refractivity contribution in [1.82, 2.24) is 0 Å². The first kappa shape index (κ1) is 35.9. The van der Waals surface area contributed by atoms with Gasteiger partial charge in [-0.2, -0.15) is 0 Å². The zero-order valence-electron chi connectivity index (χ0n) is 30.9. The quantitative estimate of drug-likeness (QED) is 0.280. The number of ether oxygens (including phenoxy) is 3. The van der Waals surface area contributed by atoms with Crippen molar-refractivity contribution in [2.75, 3.05) is 6.61 Å². The van der Waals surface area contributed by atoms with Gasteiger partial charge in [-0.05, 0) is 125 Å². The van der Waals surface area contributed by atoms with Gasteiger partial charge in [0.2, 0.25) is 0 Å². The molecule has 1 heterocycles. The molecule has 1 aromatic rings. The lowest BCUT2D eigenvalue weighted by Gasteiger charge is -2.70. The largest absolute Gasteiger partial charge is 0.519 e. The molecule has 1 N–H and O–H groups in total. The number of ketones is 1. The summed E-state index contributed by atoms with van der Waals surface area (Å²) in [5.74, 6) is -0.938. The third kappa shape index (κ3) is 5.45. The van der Waals surface area contributed by atoms with Crippen LogP contribution in [0.2, 0.25) is 0 Å². The number of carboxylic acids is 1. The summed E-state index contributed by atoms with van der Waals surface area (Å²) >= 11 is 0. The van der Waals surface area contributed by atoms with Gasteiger partial charge in [0.1, 0.15) is 18.5 Å². The molecule has 0 aromatic carbocycles. The average Bonchev–Trinajstić information content (AvgIpc) is 3.32. The number of aryl methyl sites for hydroxylation is 1. The van der Waals surface area contributed by atoms with Gasteiger partial charge in [-0.1, -0.05) is 40.2 Å². The van der Waals surface area contributed by atoms with E-state index in [1.54, 1.807) is 20.8 Å². The molecule has 0 bridgehead atoms. The van der Waals surface area contributed by atoms with E-state index in [4.69, 9.17) is 23.0 Å². The summed E-state index contributed by atoms with van der Waals surface area (Å²) in [7, 11) is 0. The van der Waals surface area contributed by atoms with Gasteiger partial charge in [-0.3, -0.25) is 9.59 Å². The molecule has 4 saturated carbocycles. The monoisotopic (exact) mass is 684 g/mol. The first-order chi connectivity index (χ1) is 22.7. The molecule has 1 aromatic heterocycles. The van der Waals surface area contributed by atoms with Crippen LogP contribution in [0.15, 0.2) is 25.3 Å². The number of rotatable bonds is 7. The van der Waals surface area contributed by atoms with Crippen LogP contribution in [0.5, 0.6) is 0 Å². The van der Waals surface area contributed by atoms with Crippen molar-refractivity contribution in [3.63, 3.8) is 0 Å². The van der Waals surface area contributed by atoms with Crippen LogP contribution in [0, 0.1) is 57.2 Å². The van der Waals surface area contributed by atoms with E-state index in [1.807, 2.05) is 13.0 Å². The van der Waals surface area contributed by atoms with Crippen LogP contribution >= 0.6 is 0 Å². The van der Waals surface area contributed by atoms with Crippen molar-refractivity contribution in [1.29, 1.82) is 0 Å². The molecule has 0 saturated heterocycles. The summed E-state index contributed by atoms with van der Waals surface area (Å²) in [6.07, 6.45) is 7.33. The van der Waals surface area contributed by atoms with E-state index in [0.29, 0.717) is 37.2 Å². The third-order valence-corrected chi connectivity index (χ3v) is 14.9. The number of hydrogen-bond donors (Lipinski definition) is 1. The molecule has 6 rings (SSSR count). The maximum Gasteiger partial charge on any atom is 0.519 e. The summed E-state index contributed by atoms with van der Waals surface area (Å²) in [6, 6.07) is 0. The SMILES string of the molecule is Cc1oc(=O)oc1COC[C@@]1(C)C2CC[C@]3(C)[C@H](C(=O)C=C4[C@@H]5C[C@@](C)(C(=O)O)CC[C@]5(C)CC[C@]43C)[C@@]2(C)CC[C@@H]1OC(=O)OC(C)C. The Hall–Kier alpha value is -2.88. The minimum atomic E-state index is -0.803. The molecular weight excluding hydrogens is 628 g/mol. The molecule has 0 spiro atoms. The van der Waals surface area contributed by atoms with Crippen LogP contribution < -0.4 is 5.82 Å². The molecule has 49 heavy (non-hydrogen) atoms. The molecule has 0 radical (unpaired) electrons. The predicted octanol–water partition coefficient (Wildman–Crippen LogP) is 8.03. The number of hydrogen-bond acceptors (Lipinski definition) is 9. The fourth-order valence-electron chi connectivity index (χ4n) is 11.8. The van der Waals surface area contributed by atoms with Crippen molar-refractivity contribution in [3.8, 4) is 0 Å². The van der Waals surface area contributed by atoms with Crippen LogP contribution in [-0.4, -0.2) is 41.8 Å². The molecule has 0 aliphatic heterocycles. The van der Waals surface area contributed by atoms with Gasteiger partial charge in [0.15, 0.2) is 11.5 Å². The lowest BCUT2D eigenvalue weighted by Crippen LogP contribution is -2.67. The van der Waals surface area contributed by atoms with E-state index >= 15 is 0 Å². The summed E-state index contributed by atoms with van der Waals surface area (Å²) in [4.78, 5) is 51.9. The van der Waals surface area contributed by atoms with Gasteiger partial charge >= 0.3 is 17.9 Å². The highest BCUT2D eigenvalue weighted by Gasteiger charge is 2.71. The normalized spacial score (nSPS) is 43.1. The van der Waals surface area contributed by atoms with Gasteiger partial charge in [-0.15, -0.1) is 0 Å². The summed E-state index contributed by atoms with van der Waals surface area (Å²) in [6.45, 7) is 18.7. The van der Waals surface area contributed by atoms with E-state index in [2.05, 4.69) is 34.6 Å². The highest BCUT2D eigenvalue weighted by molar-refractivity contribution is 5.95. The van der Waals surface area contributed by atoms with Gasteiger partial charge < -0.3 is 28.2 Å². The molecule has 1 unspecified atom stereocenters. The van der Waals surface area contributed by atoms with Crippen molar-refractivity contribution in [3.05, 3.63) is 33.8 Å². The number of carbonyl (C=O) groups excluding carboxylic acids is 2. The van der Waals surface area contributed by atoms with Crippen molar-refractivity contribution < 1.29 is 42.5 Å². The second kappa shape index (κ2) is 11.8. The zero-order chi connectivity index (χ0) is 35.9. The van der Waals surface area contributed by atoms with Crippen LogP contribution in [-0.2, 0) is 30.4 Å². The smallest absolute Gasteiger partial charge is 0.481 e. The standard InChI is InChI=1S/C39H56O10/c1-22(2)46-32(43)49-29-11-12-36(6)28(37(29,7)21-45-20-27-23(3)47-33(44)48-27)10-13-39(9)30(36)26(40)18-24-25-19-35(5,31(41)42)15-14-34(25,4)16-17-38(24,39)8/h18,22,25,28-30H,10-17,19-21H2,1-9H3,(H,41,42)/t25-,28?,29-,30+,34+,35-,36-,37-,38+,39+/m0/s1. The van der Waals surface area contributed by atoms with E-state index < -0.39 is 40.3 Å². The van der Waals surface area contributed by atoms with Crippen molar-refractivity contribution in [2.24, 2.45) is 50.2 Å². The molecule has 5 aliphatic rings. The Morgan fingerprint density at radius 3 is 2.29 bits per heavy atom. The Balaban J connectivity index is 1.36. The lowest BCUT2D eigenvalue weighted by molar-refractivity contribution is -0.219. The van der Waals surface area contributed by atoms with E-state index in [9.17, 15) is 24.3 Å². The topological polar surface area (TPSA) is 142 Å². The van der Waals surface area contributed by atoms with Crippen LogP contribution in [0.1, 0.15) is 125 Å². The van der Waals surface area contributed by atoms with E-state index in [0.717, 1.165) is 32.1 Å². The molecule has 10 heteroatoms. The minimum Gasteiger partial charge on any atom is -0.481 e. The van der Waals surface area contributed by atoms with Gasteiger partial charge in [0.25, 0.3) is 0 Å². The third-order valence-electron chi connectivity index (χ3n) is 14.9. The van der Waals surface area contributed by atoms with Gasteiger partial charge in [0, 0.05) is 11.3 Å². The Labute approximate surface area is 289 Å². The molecular formula is C39H56O10. The second-order valence-corrected chi connectivity index (χ2v) is 18.1. The number of fused-ring (bicyclic) bond motifs is 7. The van der Waals surface area contributed by atoms with Crippen LogP contribution in [0.3, 0.4) is 0 Å². The van der Waals surface area contributed by atoms with Gasteiger partial charge in [0.05, 0.1) is 18.1 Å². The van der Waals surface area contributed by atoms with E-state index in [1.165, 1.54) is 5.57 Å². The van der Waals surface area contributed by atoms with Crippen molar-refractivity contribution in [2.45, 2.75) is 139 Å². The summed E-state index contributed by atoms with van der Waals surface area (Å²) in [5.41, 5.74) is -1.33. The summed E-state index contributed by atoms with van der Waals surface area (Å²) in [5, 5.41) is 10.2. The fourth-order valence-corrected chi connectivity index (χ4v) is 11.8. The molecule has 10 nitrogen and oxygen atoms in total. The predicted molar refractivity (Wildman–Crippen MR) is 180 cm³/mol. The maximum atomic E-state index is 14.8. The molecule has 0 amide bonds. The molecule has 5 aliphatic carbocycles. The molecule has 272 valence electrons. The van der Waals surface area contributed by atoms with Crippen molar-refractivity contribution >= 4 is 17.9 Å². The Bertz CT molecular complexity index is 1600. The van der Waals surface area contributed by atoms with E-state index in [-0.39, 0.29) is 59.1 Å². The molecule has 4 fully saturated rings. The highest BCUT2D eigenvalue weighted by Crippen LogP contribution is 2.75. The minimum absolute atomic E-state index is 0.0206. The first-order valence-electron chi connectivity index (χ1n) is 18.3.